The second-order valence-electron chi connectivity index (χ2n) is 5.10. The molecule has 0 saturated carbocycles. The molecule has 0 radical (unpaired) electrons. The van der Waals surface area contributed by atoms with Crippen molar-refractivity contribution in [3.63, 3.8) is 0 Å². The number of hydrogen-bond acceptors (Lipinski definition) is 4. The van der Waals surface area contributed by atoms with Crippen LogP contribution in [0.3, 0.4) is 0 Å². The Balaban J connectivity index is 1.75. The second kappa shape index (κ2) is 5.16. The lowest BCUT2D eigenvalue weighted by Gasteiger charge is -2.32. The predicted octanol–water partition coefficient (Wildman–Crippen LogP) is 1.15. The molecule has 0 aliphatic carbocycles. The van der Waals surface area contributed by atoms with E-state index < -0.39 is 10.0 Å². The molecule has 1 aromatic carbocycles. The predicted molar refractivity (Wildman–Crippen MR) is 78.5 cm³/mol. The number of sulfonamides is 1. The molecule has 0 unspecified atom stereocenters. The zero-order chi connectivity index (χ0) is 15.0. The number of furan rings is 1. The Morgan fingerprint density at radius 2 is 1.81 bits per heavy atom. The van der Waals surface area contributed by atoms with Gasteiger partial charge in [0.15, 0.2) is 5.76 Å². The van der Waals surface area contributed by atoms with E-state index in [0.717, 1.165) is 5.39 Å². The normalized spacial score (nSPS) is 17.3. The van der Waals surface area contributed by atoms with Crippen molar-refractivity contribution in [2.24, 2.45) is 0 Å². The number of carbonyl (C=O) groups is 1. The summed E-state index contributed by atoms with van der Waals surface area (Å²) in [6.07, 6.45) is 1.18. The van der Waals surface area contributed by atoms with Crippen LogP contribution in [0, 0.1) is 0 Å². The summed E-state index contributed by atoms with van der Waals surface area (Å²) < 4.78 is 29.8. The maximum Gasteiger partial charge on any atom is 0.289 e. The molecule has 0 N–H and O–H groups in total. The molecular weight excluding hydrogens is 292 g/mol. The molecule has 112 valence electrons. The van der Waals surface area contributed by atoms with Gasteiger partial charge in [-0.25, -0.2) is 8.42 Å². The highest BCUT2D eigenvalue weighted by molar-refractivity contribution is 7.88. The van der Waals surface area contributed by atoms with E-state index in [2.05, 4.69) is 0 Å². The summed E-state index contributed by atoms with van der Waals surface area (Å²) in [6, 6.07) is 9.16. The van der Waals surface area contributed by atoms with Crippen LogP contribution in [0.2, 0.25) is 0 Å². The minimum atomic E-state index is -3.19. The fourth-order valence-corrected chi connectivity index (χ4v) is 3.29. The Hall–Kier alpha value is -1.86. The zero-order valence-electron chi connectivity index (χ0n) is 11.7. The second-order valence-corrected chi connectivity index (χ2v) is 7.09. The molecule has 2 aromatic rings. The lowest BCUT2D eigenvalue weighted by molar-refractivity contribution is 0.0668. The minimum absolute atomic E-state index is 0.195. The van der Waals surface area contributed by atoms with Gasteiger partial charge < -0.3 is 9.32 Å². The third-order valence-electron chi connectivity index (χ3n) is 3.63. The monoisotopic (exact) mass is 308 g/mol. The fraction of sp³-hybridized carbons (Fsp3) is 0.357. The minimum Gasteiger partial charge on any atom is -0.451 e. The van der Waals surface area contributed by atoms with Crippen LogP contribution in [0.1, 0.15) is 10.6 Å². The first-order valence-electron chi connectivity index (χ1n) is 6.68. The third-order valence-corrected chi connectivity index (χ3v) is 4.93. The lowest BCUT2D eigenvalue weighted by Crippen LogP contribution is -2.50. The average molecular weight is 308 g/mol. The molecule has 1 aliphatic heterocycles. The number of piperazine rings is 1. The highest BCUT2D eigenvalue weighted by Crippen LogP contribution is 2.20. The van der Waals surface area contributed by atoms with E-state index in [9.17, 15) is 13.2 Å². The Labute approximate surface area is 123 Å². The van der Waals surface area contributed by atoms with Gasteiger partial charge in [-0.05, 0) is 12.1 Å². The lowest BCUT2D eigenvalue weighted by atomic mass is 10.2. The number of benzene rings is 1. The molecule has 6 nitrogen and oxygen atoms in total. The van der Waals surface area contributed by atoms with E-state index in [0.29, 0.717) is 37.5 Å². The van der Waals surface area contributed by atoms with Crippen LogP contribution in [-0.2, 0) is 10.0 Å². The Morgan fingerprint density at radius 1 is 1.14 bits per heavy atom. The van der Waals surface area contributed by atoms with Crippen LogP contribution in [-0.4, -0.2) is 56.0 Å². The summed E-state index contributed by atoms with van der Waals surface area (Å²) in [5, 5.41) is 0.885. The van der Waals surface area contributed by atoms with Gasteiger partial charge in [0.1, 0.15) is 5.58 Å². The smallest absolute Gasteiger partial charge is 0.289 e. The summed E-state index contributed by atoms with van der Waals surface area (Å²) in [5.74, 6) is 0.100. The van der Waals surface area contributed by atoms with Gasteiger partial charge in [0, 0.05) is 31.6 Å². The molecule has 2 heterocycles. The maximum atomic E-state index is 12.4. The van der Waals surface area contributed by atoms with Crippen molar-refractivity contribution < 1.29 is 17.6 Å². The molecule has 1 saturated heterocycles. The molecule has 1 fully saturated rings. The van der Waals surface area contributed by atoms with Crippen LogP contribution in [0.25, 0.3) is 11.0 Å². The number of amides is 1. The van der Waals surface area contributed by atoms with Gasteiger partial charge in [0.05, 0.1) is 6.26 Å². The van der Waals surface area contributed by atoms with Crippen LogP contribution >= 0.6 is 0 Å². The highest BCUT2D eigenvalue weighted by atomic mass is 32.2. The fourth-order valence-electron chi connectivity index (χ4n) is 2.47. The number of para-hydroxylation sites is 1. The molecule has 0 bridgehead atoms. The number of nitrogens with zero attached hydrogens (tertiary/aromatic N) is 2. The molecule has 0 atom stereocenters. The molecule has 1 amide bonds. The van der Waals surface area contributed by atoms with Crippen molar-refractivity contribution >= 4 is 26.9 Å². The van der Waals surface area contributed by atoms with Gasteiger partial charge in [-0.2, -0.15) is 4.31 Å². The number of hydrogen-bond donors (Lipinski definition) is 0. The van der Waals surface area contributed by atoms with E-state index in [1.807, 2.05) is 24.3 Å². The van der Waals surface area contributed by atoms with Crippen LogP contribution in [0.4, 0.5) is 0 Å². The van der Waals surface area contributed by atoms with Gasteiger partial charge in [0.2, 0.25) is 10.0 Å². The Morgan fingerprint density at radius 3 is 2.43 bits per heavy atom. The van der Waals surface area contributed by atoms with Crippen LogP contribution < -0.4 is 0 Å². The van der Waals surface area contributed by atoms with Crippen LogP contribution in [0.15, 0.2) is 34.7 Å². The largest absolute Gasteiger partial charge is 0.451 e. The molecule has 0 spiro atoms. The van der Waals surface area contributed by atoms with Crippen molar-refractivity contribution in [1.82, 2.24) is 9.21 Å². The first kappa shape index (κ1) is 14.1. The molecule has 7 heteroatoms. The van der Waals surface area contributed by atoms with Gasteiger partial charge in [-0.3, -0.25) is 4.79 Å². The zero-order valence-corrected chi connectivity index (χ0v) is 12.5. The number of carbonyl (C=O) groups excluding carboxylic acids is 1. The summed E-state index contributed by atoms with van der Waals surface area (Å²) in [6.45, 7) is 1.40. The Kier molecular flexibility index (Phi) is 3.46. The number of fused-ring (bicyclic) bond motifs is 1. The first-order chi connectivity index (χ1) is 9.95. The average Bonchev–Trinajstić information content (AvgIpc) is 2.89. The van der Waals surface area contributed by atoms with Crippen molar-refractivity contribution in [2.75, 3.05) is 32.4 Å². The molecule has 21 heavy (non-hydrogen) atoms. The molecule has 1 aliphatic rings. The van der Waals surface area contributed by atoms with Crippen molar-refractivity contribution in [2.45, 2.75) is 0 Å². The summed E-state index contributed by atoms with van der Waals surface area (Å²) in [4.78, 5) is 14.0. The quantitative estimate of drug-likeness (QED) is 0.834. The van der Waals surface area contributed by atoms with Crippen molar-refractivity contribution in [3.8, 4) is 0 Å². The standard InChI is InChI=1S/C14H16N2O4S/c1-21(18,19)16-8-6-15(7-9-16)14(17)13-10-11-4-2-3-5-12(11)20-13/h2-5,10H,6-9H2,1H3. The van der Waals surface area contributed by atoms with E-state index in [1.165, 1.54) is 10.6 Å². The van der Waals surface area contributed by atoms with E-state index in [1.54, 1.807) is 11.0 Å². The topological polar surface area (TPSA) is 70.8 Å². The summed E-state index contributed by atoms with van der Waals surface area (Å²) in [7, 11) is -3.19. The molecular formula is C14H16N2O4S. The molecule has 3 rings (SSSR count). The van der Waals surface area contributed by atoms with E-state index >= 15 is 0 Å². The van der Waals surface area contributed by atoms with Crippen molar-refractivity contribution in [3.05, 3.63) is 36.1 Å². The first-order valence-corrected chi connectivity index (χ1v) is 8.53. The third kappa shape index (κ3) is 2.79. The van der Waals surface area contributed by atoms with Crippen molar-refractivity contribution in [1.29, 1.82) is 0 Å². The SMILES string of the molecule is CS(=O)(=O)N1CCN(C(=O)c2cc3ccccc3o2)CC1. The summed E-state index contributed by atoms with van der Waals surface area (Å²) >= 11 is 0. The molecule has 1 aromatic heterocycles. The van der Waals surface area contributed by atoms with Crippen LogP contribution in [0.5, 0.6) is 0 Å². The van der Waals surface area contributed by atoms with E-state index in [-0.39, 0.29) is 5.91 Å². The van der Waals surface area contributed by atoms with Gasteiger partial charge >= 0.3 is 0 Å². The summed E-state index contributed by atoms with van der Waals surface area (Å²) in [5.41, 5.74) is 0.677. The van der Waals surface area contributed by atoms with E-state index in [4.69, 9.17) is 4.42 Å². The van der Waals surface area contributed by atoms with Gasteiger partial charge in [-0.15, -0.1) is 0 Å². The van der Waals surface area contributed by atoms with Gasteiger partial charge in [-0.1, -0.05) is 18.2 Å². The number of rotatable bonds is 2. The Bertz CT molecular complexity index is 740. The van der Waals surface area contributed by atoms with Gasteiger partial charge in [0.25, 0.3) is 5.91 Å². The maximum absolute atomic E-state index is 12.4. The highest BCUT2D eigenvalue weighted by Gasteiger charge is 2.28.